The maximum Gasteiger partial charge on any atom is 0.335 e. The fourth-order valence-electron chi connectivity index (χ4n) is 4.05. The Hall–Kier alpha value is -3.75. The molecule has 2 N–H and O–H groups in total. The summed E-state index contributed by atoms with van der Waals surface area (Å²) in [6, 6.07) is 19.1. The number of hydrogen-bond acceptors (Lipinski definition) is 5. The predicted molar refractivity (Wildman–Crippen MR) is 131 cm³/mol. The van der Waals surface area contributed by atoms with Crippen molar-refractivity contribution in [3.05, 3.63) is 107 Å². The first-order chi connectivity index (χ1) is 16.5. The summed E-state index contributed by atoms with van der Waals surface area (Å²) in [4.78, 5) is 22.4. The Morgan fingerprint density at radius 3 is 2.59 bits per heavy atom. The van der Waals surface area contributed by atoms with Crippen molar-refractivity contribution < 1.29 is 14.3 Å². The molecule has 9 heteroatoms. The number of carbonyl (C=O) groups is 1. The molecule has 0 aliphatic carbocycles. The minimum atomic E-state index is -1.04. The first kappa shape index (κ1) is 22.1. The molecule has 4 aromatic rings. The van der Waals surface area contributed by atoms with E-state index in [9.17, 15) is 9.90 Å². The molecule has 2 unspecified atom stereocenters. The van der Waals surface area contributed by atoms with Gasteiger partial charge in [-0.25, -0.2) is 4.79 Å². The maximum absolute atomic E-state index is 11.4. The topological polar surface area (TPSA) is 91.5 Å². The molecule has 1 fully saturated rings. The molecule has 4 heterocycles. The summed E-state index contributed by atoms with van der Waals surface area (Å²) in [6.07, 6.45) is 3.48. The van der Waals surface area contributed by atoms with Gasteiger partial charge in [0.15, 0.2) is 5.11 Å². The Morgan fingerprint density at radius 2 is 1.88 bits per heavy atom. The maximum atomic E-state index is 11.4. The van der Waals surface area contributed by atoms with Crippen LogP contribution in [0.3, 0.4) is 0 Å². The summed E-state index contributed by atoms with van der Waals surface area (Å²) in [6.45, 7) is 0.478. The molecule has 34 heavy (non-hydrogen) atoms. The second-order valence-corrected chi connectivity index (χ2v) is 8.57. The van der Waals surface area contributed by atoms with Gasteiger partial charge >= 0.3 is 5.97 Å². The SMILES string of the molecule is O=C(O)c1ccc(Cl)c(-c2ccc(C3C(c4ccccn4)NC(=S)N3Cc3ccccn3)o2)c1. The van der Waals surface area contributed by atoms with Crippen LogP contribution in [-0.4, -0.2) is 31.1 Å². The molecule has 1 aliphatic rings. The van der Waals surface area contributed by atoms with Crippen molar-refractivity contribution in [3.8, 4) is 11.3 Å². The molecular weight excluding hydrogens is 472 g/mol. The molecule has 5 rings (SSSR count). The normalized spacial score (nSPS) is 17.6. The molecule has 0 radical (unpaired) electrons. The van der Waals surface area contributed by atoms with E-state index in [1.54, 1.807) is 24.5 Å². The van der Waals surface area contributed by atoms with Gasteiger partial charge in [-0.2, -0.15) is 0 Å². The van der Waals surface area contributed by atoms with E-state index in [-0.39, 0.29) is 17.6 Å². The molecule has 0 bridgehead atoms. The zero-order valence-electron chi connectivity index (χ0n) is 17.8. The minimum absolute atomic E-state index is 0.129. The number of hydrogen-bond donors (Lipinski definition) is 2. The summed E-state index contributed by atoms with van der Waals surface area (Å²) >= 11 is 12.1. The lowest BCUT2D eigenvalue weighted by molar-refractivity contribution is 0.0697. The second kappa shape index (κ2) is 9.24. The first-order valence-corrected chi connectivity index (χ1v) is 11.3. The van der Waals surface area contributed by atoms with E-state index >= 15 is 0 Å². The standard InChI is InChI=1S/C25H19ClN4O3S/c26-18-8-7-15(24(31)32)13-17(18)20-9-10-21(33-20)23-22(19-6-2-4-12-28-19)29-25(34)30(23)14-16-5-1-3-11-27-16/h1-13,22-23H,14H2,(H,29,34)(H,31,32). The Balaban J connectivity index is 1.56. The van der Waals surface area contributed by atoms with Crippen LogP contribution in [0.1, 0.15) is 39.6 Å². The number of carboxylic acids is 1. The number of pyridine rings is 2. The largest absolute Gasteiger partial charge is 0.478 e. The van der Waals surface area contributed by atoms with Crippen LogP contribution >= 0.6 is 23.8 Å². The zero-order chi connectivity index (χ0) is 23.7. The van der Waals surface area contributed by atoms with Crippen LogP contribution in [0.4, 0.5) is 0 Å². The zero-order valence-corrected chi connectivity index (χ0v) is 19.3. The summed E-state index contributed by atoms with van der Waals surface area (Å²) in [5.74, 6) is 0.0796. The summed E-state index contributed by atoms with van der Waals surface area (Å²) in [7, 11) is 0. The number of carboxylic acid groups (broad SMARTS) is 1. The molecule has 0 amide bonds. The van der Waals surface area contributed by atoms with Gasteiger partial charge in [-0.1, -0.05) is 23.7 Å². The Morgan fingerprint density at radius 1 is 1.09 bits per heavy atom. The van der Waals surface area contributed by atoms with Crippen LogP contribution in [0.25, 0.3) is 11.3 Å². The predicted octanol–water partition coefficient (Wildman–Crippen LogP) is 5.26. The molecule has 0 spiro atoms. The number of furan rings is 1. The van der Waals surface area contributed by atoms with Gasteiger partial charge < -0.3 is 19.7 Å². The molecule has 1 saturated heterocycles. The monoisotopic (exact) mass is 490 g/mol. The van der Waals surface area contributed by atoms with Gasteiger partial charge in [-0.3, -0.25) is 9.97 Å². The number of benzene rings is 1. The van der Waals surface area contributed by atoms with Crippen molar-refractivity contribution >= 4 is 34.9 Å². The van der Waals surface area contributed by atoms with Crippen molar-refractivity contribution in [1.29, 1.82) is 0 Å². The number of nitrogens with one attached hydrogen (secondary N) is 1. The van der Waals surface area contributed by atoms with Crippen molar-refractivity contribution in [3.63, 3.8) is 0 Å². The van der Waals surface area contributed by atoms with E-state index in [2.05, 4.69) is 15.3 Å². The Bertz CT molecular complexity index is 1350. The van der Waals surface area contributed by atoms with E-state index < -0.39 is 5.97 Å². The average molecular weight is 491 g/mol. The van der Waals surface area contributed by atoms with Crippen LogP contribution in [0.5, 0.6) is 0 Å². The van der Waals surface area contributed by atoms with Crippen molar-refractivity contribution in [1.82, 2.24) is 20.2 Å². The number of rotatable bonds is 6. The molecule has 7 nitrogen and oxygen atoms in total. The van der Waals surface area contributed by atoms with E-state index in [0.29, 0.717) is 33.8 Å². The molecule has 2 atom stereocenters. The fraction of sp³-hybridized carbons (Fsp3) is 0.120. The highest BCUT2D eigenvalue weighted by Crippen LogP contribution is 2.41. The van der Waals surface area contributed by atoms with Gasteiger partial charge in [0.1, 0.15) is 17.6 Å². The molecule has 3 aromatic heterocycles. The third kappa shape index (κ3) is 4.25. The van der Waals surface area contributed by atoms with Crippen LogP contribution in [0.2, 0.25) is 5.02 Å². The third-order valence-electron chi connectivity index (χ3n) is 5.65. The number of halogens is 1. The third-order valence-corrected chi connectivity index (χ3v) is 6.34. The van der Waals surface area contributed by atoms with E-state index in [1.807, 2.05) is 47.4 Å². The van der Waals surface area contributed by atoms with E-state index in [4.69, 9.17) is 28.2 Å². The molecule has 1 aromatic carbocycles. The number of nitrogens with zero attached hydrogens (tertiary/aromatic N) is 3. The quantitative estimate of drug-likeness (QED) is 0.353. The lowest BCUT2D eigenvalue weighted by Crippen LogP contribution is -2.29. The minimum Gasteiger partial charge on any atom is -0.478 e. The highest BCUT2D eigenvalue weighted by atomic mass is 35.5. The Labute approximate surface area is 206 Å². The van der Waals surface area contributed by atoms with Crippen LogP contribution in [0.15, 0.2) is 83.5 Å². The highest BCUT2D eigenvalue weighted by Gasteiger charge is 2.41. The molecule has 170 valence electrons. The fourth-order valence-corrected chi connectivity index (χ4v) is 4.57. The van der Waals surface area contributed by atoms with Crippen LogP contribution in [-0.2, 0) is 6.54 Å². The highest BCUT2D eigenvalue weighted by molar-refractivity contribution is 7.80. The molecular formula is C25H19ClN4O3S. The molecule has 0 saturated carbocycles. The van der Waals surface area contributed by atoms with E-state index in [1.165, 1.54) is 12.1 Å². The molecule has 1 aliphatic heterocycles. The van der Waals surface area contributed by atoms with Crippen molar-refractivity contribution in [2.24, 2.45) is 0 Å². The van der Waals surface area contributed by atoms with Crippen LogP contribution < -0.4 is 5.32 Å². The van der Waals surface area contributed by atoms with Crippen LogP contribution in [0, 0.1) is 0 Å². The van der Waals surface area contributed by atoms with Gasteiger partial charge in [-0.15, -0.1) is 0 Å². The van der Waals surface area contributed by atoms with Crippen molar-refractivity contribution in [2.75, 3.05) is 0 Å². The van der Waals surface area contributed by atoms with Gasteiger partial charge in [-0.05, 0) is 66.8 Å². The number of aromatic nitrogens is 2. The van der Waals surface area contributed by atoms with Gasteiger partial charge in [0.25, 0.3) is 0 Å². The number of aromatic carboxylic acids is 1. The van der Waals surface area contributed by atoms with Gasteiger partial charge in [0, 0.05) is 18.0 Å². The smallest absolute Gasteiger partial charge is 0.335 e. The first-order valence-electron chi connectivity index (χ1n) is 10.5. The summed E-state index contributed by atoms with van der Waals surface area (Å²) < 4.78 is 6.27. The lowest BCUT2D eigenvalue weighted by Gasteiger charge is -2.25. The average Bonchev–Trinajstić information content (AvgIpc) is 3.45. The summed E-state index contributed by atoms with van der Waals surface area (Å²) in [5, 5.41) is 13.7. The number of thiocarbonyl (C=S) groups is 1. The lowest BCUT2D eigenvalue weighted by atomic mass is 10.0. The van der Waals surface area contributed by atoms with E-state index in [0.717, 1.165) is 11.4 Å². The van der Waals surface area contributed by atoms with Crippen molar-refractivity contribution in [2.45, 2.75) is 18.6 Å². The Kier molecular flexibility index (Phi) is 6.00. The summed E-state index contributed by atoms with van der Waals surface area (Å²) in [5.41, 5.74) is 2.32. The second-order valence-electron chi connectivity index (χ2n) is 7.78. The van der Waals surface area contributed by atoms with Gasteiger partial charge in [0.2, 0.25) is 0 Å². The van der Waals surface area contributed by atoms with Gasteiger partial charge in [0.05, 0.1) is 34.6 Å².